The van der Waals surface area contributed by atoms with E-state index in [1.807, 2.05) is 57.2 Å². The molecule has 0 aromatic heterocycles. The zero-order chi connectivity index (χ0) is 24.9. The fraction of sp³-hybridized carbons (Fsp3) is 0.231. The van der Waals surface area contributed by atoms with Gasteiger partial charge in [-0.1, -0.05) is 48.5 Å². The number of nitrogens with one attached hydrogen (secondary N) is 2. The third-order valence-corrected chi connectivity index (χ3v) is 6.70. The molecule has 2 amide bonds. The highest BCUT2D eigenvalue weighted by Gasteiger charge is 2.23. The summed E-state index contributed by atoms with van der Waals surface area (Å²) in [5.74, 6) is -0.901. The van der Waals surface area contributed by atoms with E-state index in [1.54, 1.807) is 36.4 Å². The molecule has 0 heterocycles. The third-order valence-electron chi connectivity index (χ3n) is 5.56. The molecule has 0 bridgehead atoms. The van der Waals surface area contributed by atoms with Crippen molar-refractivity contribution in [3.63, 3.8) is 0 Å². The van der Waals surface area contributed by atoms with Crippen molar-refractivity contribution in [2.24, 2.45) is 0 Å². The average Bonchev–Trinajstić information content (AvgIpc) is 2.79. The van der Waals surface area contributed by atoms with Crippen LogP contribution in [0, 0.1) is 13.8 Å². The van der Waals surface area contributed by atoms with Crippen molar-refractivity contribution in [1.29, 1.82) is 0 Å². The first-order valence-corrected chi connectivity index (χ1v) is 12.7. The summed E-state index contributed by atoms with van der Waals surface area (Å²) < 4.78 is 25.9. The van der Waals surface area contributed by atoms with Crippen LogP contribution in [0.25, 0.3) is 0 Å². The van der Waals surface area contributed by atoms with E-state index < -0.39 is 22.5 Å². The van der Waals surface area contributed by atoms with Crippen molar-refractivity contribution in [3.8, 4) is 0 Å². The van der Waals surface area contributed by atoms with Crippen LogP contribution in [0.2, 0.25) is 0 Å². The summed E-state index contributed by atoms with van der Waals surface area (Å²) in [6, 6.07) is 21.2. The molecule has 34 heavy (non-hydrogen) atoms. The summed E-state index contributed by atoms with van der Waals surface area (Å²) in [6.45, 7) is 5.27. The van der Waals surface area contributed by atoms with E-state index in [2.05, 4.69) is 10.6 Å². The fourth-order valence-electron chi connectivity index (χ4n) is 3.49. The van der Waals surface area contributed by atoms with Crippen molar-refractivity contribution in [2.75, 3.05) is 22.4 Å². The summed E-state index contributed by atoms with van der Waals surface area (Å²) in [5, 5.41) is 5.63. The van der Waals surface area contributed by atoms with Gasteiger partial charge in [0.15, 0.2) is 0 Å². The predicted molar refractivity (Wildman–Crippen MR) is 136 cm³/mol. The van der Waals surface area contributed by atoms with Crippen LogP contribution in [0.4, 0.5) is 11.4 Å². The molecule has 178 valence electrons. The largest absolute Gasteiger partial charge is 0.345 e. The Morgan fingerprint density at radius 2 is 1.56 bits per heavy atom. The first kappa shape index (κ1) is 25.0. The summed E-state index contributed by atoms with van der Waals surface area (Å²) in [6.07, 6.45) is 1.06. The van der Waals surface area contributed by atoms with Crippen LogP contribution in [0.1, 0.15) is 40.0 Å². The zero-order valence-corrected chi connectivity index (χ0v) is 20.5. The molecule has 3 aromatic rings. The van der Waals surface area contributed by atoms with Crippen LogP contribution in [0.3, 0.4) is 0 Å². The van der Waals surface area contributed by atoms with Crippen LogP contribution in [-0.2, 0) is 14.8 Å². The Morgan fingerprint density at radius 1 is 0.912 bits per heavy atom. The molecule has 0 aliphatic heterocycles. The van der Waals surface area contributed by atoms with E-state index in [0.717, 1.165) is 27.3 Å². The Labute approximate surface area is 200 Å². The van der Waals surface area contributed by atoms with Crippen molar-refractivity contribution in [1.82, 2.24) is 5.32 Å². The van der Waals surface area contributed by atoms with Gasteiger partial charge in [-0.3, -0.25) is 13.9 Å². The number of amides is 2. The van der Waals surface area contributed by atoms with Crippen LogP contribution in [0.5, 0.6) is 0 Å². The Kier molecular flexibility index (Phi) is 7.73. The maximum Gasteiger partial charge on any atom is 0.253 e. The van der Waals surface area contributed by atoms with Crippen LogP contribution in [-0.4, -0.2) is 33.0 Å². The molecule has 0 saturated heterocycles. The first-order valence-electron chi connectivity index (χ1n) is 10.9. The Hall–Kier alpha value is -3.65. The molecule has 3 rings (SSSR count). The van der Waals surface area contributed by atoms with Crippen molar-refractivity contribution in [2.45, 2.75) is 26.8 Å². The normalized spacial score (nSPS) is 12.0. The topological polar surface area (TPSA) is 95.6 Å². The number of nitrogens with zero attached hydrogens (tertiary/aromatic N) is 1. The van der Waals surface area contributed by atoms with Crippen molar-refractivity contribution in [3.05, 3.63) is 95.1 Å². The molecule has 0 radical (unpaired) electrons. The smallest absolute Gasteiger partial charge is 0.253 e. The number of benzene rings is 3. The van der Waals surface area contributed by atoms with Gasteiger partial charge in [0.1, 0.15) is 6.54 Å². The molecule has 0 saturated carbocycles. The molecule has 8 heteroatoms. The molecule has 0 aliphatic carbocycles. The minimum absolute atomic E-state index is 0.233. The number of para-hydroxylation sites is 1. The number of carbonyl (C=O) groups excluding carboxylic acids is 2. The predicted octanol–water partition coefficient (Wildman–Crippen LogP) is 4.20. The number of aryl methyl sites for hydroxylation is 2. The molecule has 0 unspecified atom stereocenters. The maximum absolute atomic E-state index is 12.9. The molecule has 7 nitrogen and oxygen atoms in total. The second kappa shape index (κ2) is 10.5. The highest BCUT2D eigenvalue weighted by atomic mass is 32.2. The summed E-state index contributed by atoms with van der Waals surface area (Å²) in [4.78, 5) is 25.8. The minimum atomic E-state index is -3.71. The van der Waals surface area contributed by atoms with Gasteiger partial charge in [-0.2, -0.15) is 0 Å². The van der Waals surface area contributed by atoms with E-state index in [1.165, 1.54) is 0 Å². The van der Waals surface area contributed by atoms with Gasteiger partial charge in [0.05, 0.1) is 29.2 Å². The molecule has 1 atom stereocenters. The standard InChI is InChI=1S/C26H29N3O4S/c1-18-14-15-22(16-19(18)2)29(34(4,32)33)17-25(30)28-24-13-9-8-12-23(24)26(31)27-20(3)21-10-6-5-7-11-21/h5-16,20H,17H2,1-4H3,(H,27,31)(H,28,30)/t20-/m0/s1. The second-order valence-electron chi connectivity index (χ2n) is 8.24. The molecule has 0 spiro atoms. The molecule has 0 fully saturated rings. The zero-order valence-electron chi connectivity index (χ0n) is 19.7. The van der Waals surface area contributed by atoms with Crippen molar-refractivity contribution >= 4 is 33.2 Å². The molecule has 3 aromatic carbocycles. The van der Waals surface area contributed by atoms with E-state index in [0.29, 0.717) is 11.4 Å². The Morgan fingerprint density at radius 3 is 2.21 bits per heavy atom. The SMILES string of the molecule is Cc1ccc(N(CC(=O)Nc2ccccc2C(=O)N[C@@H](C)c2ccccc2)S(C)(=O)=O)cc1C. The van der Waals surface area contributed by atoms with Gasteiger partial charge < -0.3 is 10.6 Å². The highest BCUT2D eigenvalue weighted by molar-refractivity contribution is 7.92. The van der Waals surface area contributed by atoms with Gasteiger partial charge in [0.25, 0.3) is 5.91 Å². The number of carbonyl (C=O) groups is 2. The number of anilines is 2. The van der Waals surface area contributed by atoms with Gasteiger partial charge in [-0.05, 0) is 61.7 Å². The monoisotopic (exact) mass is 479 g/mol. The van der Waals surface area contributed by atoms with Gasteiger partial charge in [0.2, 0.25) is 15.9 Å². The van der Waals surface area contributed by atoms with Crippen LogP contribution >= 0.6 is 0 Å². The fourth-order valence-corrected chi connectivity index (χ4v) is 4.34. The molecule has 0 aliphatic rings. The van der Waals surface area contributed by atoms with E-state index >= 15 is 0 Å². The van der Waals surface area contributed by atoms with Gasteiger partial charge >= 0.3 is 0 Å². The lowest BCUT2D eigenvalue weighted by Crippen LogP contribution is -2.38. The summed E-state index contributed by atoms with van der Waals surface area (Å²) >= 11 is 0. The van der Waals surface area contributed by atoms with Crippen molar-refractivity contribution < 1.29 is 18.0 Å². The van der Waals surface area contributed by atoms with Gasteiger partial charge in [0, 0.05) is 0 Å². The van der Waals surface area contributed by atoms with E-state index in [4.69, 9.17) is 0 Å². The lowest BCUT2D eigenvalue weighted by molar-refractivity contribution is -0.114. The quantitative estimate of drug-likeness (QED) is 0.506. The number of sulfonamides is 1. The first-order chi connectivity index (χ1) is 16.1. The lowest BCUT2D eigenvalue weighted by atomic mass is 10.1. The van der Waals surface area contributed by atoms with E-state index in [9.17, 15) is 18.0 Å². The molecular formula is C26H29N3O4S. The molecule has 2 N–H and O–H groups in total. The maximum atomic E-state index is 12.9. The van der Waals surface area contributed by atoms with Gasteiger partial charge in [-0.25, -0.2) is 8.42 Å². The number of rotatable bonds is 8. The third kappa shape index (κ3) is 6.23. The molecular weight excluding hydrogens is 450 g/mol. The second-order valence-corrected chi connectivity index (χ2v) is 10.1. The summed E-state index contributed by atoms with van der Waals surface area (Å²) in [7, 11) is -3.71. The Balaban J connectivity index is 1.78. The van der Waals surface area contributed by atoms with Crippen LogP contribution in [0.15, 0.2) is 72.8 Å². The van der Waals surface area contributed by atoms with Crippen LogP contribution < -0.4 is 14.9 Å². The number of hydrogen-bond donors (Lipinski definition) is 2. The summed E-state index contributed by atoms with van der Waals surface area (Å²) in [5.41, 5.74) is 3.89. The average molecular weight is 480 g/mol. The number of hydrogen-bond acceptors (Lipinski definition) is 4. The van der Waals surface area contributed by atoms with Gasteiger partial charge in [-0.15, -0.1) is 0 Å². The Bertz CT molecular complexity index is 1290. The highest BCUT2D eigenvalue weighted by Crippen LogP contribution is 2.22. The van der Waals surface area contributed by atoms with E-state index in [-0.39, 0.29) is 17.5 Å². The lowest BCUT2D eigenvalue weighted by Gasteiger charge is -2.23. The minimum Gasteiger partial charge on any atom is -0.345 e.